The molecule has 0 bridgehead atoms. The molecule has 2 heterocycles. The number of nitrogens with one attached hydrogen (secondary N) is 6. The number of nitro benzene ring substituents is 3. The van der Waals surface area contributed by atoms with Gasteiger partial charge in [0.2, 0.25) is 5.91 Å². The lowest BCUT2D eigenvalue weighted by Gasteiger charge is -2.51. The van der Waals surface area contributed by atoms with Crippen LogP contribution in [0.1, 0.15) is 42.9 Å². The number of aliphatic hydroxyl groups excluding tert-OH is 3. The quantitative estimate of drug-likeness (QED) is 0.0388. The predicted molar refractivity (Wildman–Crippen MR) is 269 cm³/mol. The van der Waals surface area contributed by atoms with Crippen molar-refractivity contribution in [3.8, 4) is 0 Å². The van der Waals surface area contributed by atoms with Gasteiger partial charge in [-0.15, -0.1) is 0 Å². The molecule has 446 valence electrons. The third-order valence-corrected chi connectivity index (χ3v) is 13.4. The first-order valence-electron chi connectivity index (χ1n) is 24.9. The largest absolute Gasteiger partial charge is 0.491 e. The number of nitro groups is 3. The first kappa shape index (κ1) is 62.9. The fourth-order valence-corrected chi connectivity index (χ4v) is 9.19. The van der Waals surface area contributed by atoms with Crippen molar-refractivity contribution in [1.82, 2.24) is 31.9 Å². The van der Waals surface area contributed by atoms with Gasteiger partial charge in [-0.1, -0.05) is 0 Å². The number of aliphatic hydroxyl groups is 4. The maximum Gasteiger partial charge on any atom is 0.471 e. The summed E-state index contributed by atoms with van der Waals surface area (Å²) in [4.78, 5) is 97.3. The molecule has 1 saturated heterocycles. The molecule has 3 aromatic rings. The summed E-state index contributed by atoms with van der Waals surface area (Å²) in [5.74, 6) is -5.54. The van der Waals surface area contributed by atoms with Gasteiger partial charge in [-0.05, 0) is 92.4 Å². The second-order valence-corrected chi connectivity index (χ2v) is 19.2. The van der Waals surface area contributed by atoms with Gasteiger partial charge in [-0.3, -0.25) is 39.9 Å². The molecule has 0 radical (unpaired) electrons. The van der Waals surface area contributed by atoms with E-state index in [2.05, 4.69) is 26.6 Å². The molecule has 0 spiro atoms. The Labute approximate surface area is 462 Å². The highest BCUT2D eigenvalue weighted by Crippen LogP contribution is 2.38. The average Bonchev–Trinajstić information content (AvgIpc) is 3.53. The maximum absolute atomic E-state index is 13.9. The van der Waals surface area contributed by atoms with Crippen molar-refractivity contribution in [2.24, 2.45) is 5.92 Å². The molecule has 3 aliphatic rings. The normalized spacial score (nSPS) is 25.5. The highest BCUT2D eigenvalue weighted by molar-refractivity contribution is 5.82. The first-order valence-corrected chi connectivity index (χ1v) is 24.9. The molecule has 82 heavy (non-hydrogen) atoms. The lowest BCUT2D eigenvalue weighted by atomic mass is 9.72. The van der Waals surface area contributed by atoms with E-state index in [0.29, 0.717) is 11.1 Å². The van der Waals surface area contributed by atoms with Crippen LogP contribution in [0.4, 0.5) is 44.6 Å². The van der Waals surface area contributed by atoms with Gasteiger partial charge in [0.1, 0.15) is 55.6 Å². The number of hydrogen-bond acceptors (Lipinski definition) is 22. The van der Waals surface area contributed by atoms with Crippen LogP contribution in [-0.2, 0) is 57.8 Å². The standard InChI is InChI=1S/C49H58F3N9O21/c1-48(70)24-80-43(38(64)41(48)53-2)82-40-34(56-42(65)35(62)17-18-54-45(67)77-21-25-3-9-28(10-4-25)59(71)72)19-33(58-47(69)79-23-27-7-13-30(14-8-27)61(75)76)36(37(40)63)39-32(16-15-31(81-39)20-55-44(66)49(50,51)52)57-46(68)78-22-26-5-11-29(12-6-26)60(73)74/h3-15,32-41,43,53,62-64,70H,16-24H2,1-2H3,(H,54,67)(H,55,66)(H,56,65)(H,57,68)(H,58,69)/t32-,33+,34-,35+,36?,37+,38-,39+,40+,41-,43-,48+/m1/s1. The van der Waals surface area contributed by atoms with Crippen LogP contribution in [0.2, 0.25) is 0 Å². The molecule has 5 amide bonds. The monoisotopic (exact) mass is 1170 g/mol. The Kier molecular flexibility index (Phi) is 21.4. The molecule has 1 aliphatic carbocycles. The summed E-state index contributed by atoms with van der Waals surface area (Å²) in [5.41, 5.74) is -1.53. The Hall–Kier alpha value is -8.34. The summed E-state index contributed by atoms with van der Waals surface area (Å²) in [6.07, 6.45) is -20.0. The second kappa shape index (κ2) is 27.9. The van der Waals surface area contributed by atoms with Crippen molar-refractivity contribution in [2.45, 2.75) is 119 Å². The molecule has 2 aliphatic heterocycles. The summed E-state index contributed by atoms with van der Waals surface area (Å²) < 4.78 is 74.3. The van der Waals surface area contributed by atoms with E-state index in [4.69, 9.17) is 28.4 Å². The van der Waals surface area contributed by atoms with E-state index in [1.54, 1.807) is 5.32 Å². The number of amides is 5. The lowest BCUT2D eigenvalue weighted by Crippen LogP contribution is -2.70. The van der Waals surface area contributed by atoms with E-state index in [1.807, 2.05) is 0 Å². The fourth-order valence-electron chi connectivity index (χ4n) is 9.19. The van der Waals surface area contributed by atoms with E-state index in [0.717, 1.165) is 24.3 Å². The zero-order valence-electron chi connectivity index (χ0n) is 43.4. The topological polar surface area (TPSA) is 423 Å². The second-order valence-electron chi connectivity index (χ2n) is 19.2. The molecule has 30 nitrogen and oxygen atoms in total. The highest BCUT2D eigenvalue weighted by atomic mass is 19.4. The summed E-state index contributed by atoms with van der Waals surface area (Å²) in [6.45, 7) is -1.74. The van der Waals surface area contributed by atoms with Crippen molar-refractivity contribution in [2.75, 3.05) is 26.7 Å². The Morgan fingerprint density at radius 3 is 1.70 bits per heavy atom. The Bertz CT molecular complexity index is 2800. The van der Waals surface area contributed by atoms with E-state index in [-0.39, 0.29) is 48.0 Å². The van der Waals surface area contributed by atoms with Gasteiger partial charge >= 0.3 is 30.4 Å². The van der Waals surface area contributed by atoms with E-state index in [1.165, 1.54) is 68.6 Å². The van der Waals surface area contributed by atoms with Gasteiger partial charge < -0.3 is 80.7 Å². The summed E-state index contributed by atoms with van der Waals surface area (Å²) in [6, 6.07) is 9.25. The van der Waals surface area contributed by atoms with Crippen molar-refractivity contribution < 1.29 is 101 Å². The minimum Gasteiger partial charge on any atom is -0.491 e. The number of benzene rings is 3. The van der Waals surface area contributed by atoms with Crippen LogP contribution in [0, 0.1) is 36.3 Å². The SMILES string of the molecule is CN[C@@H]1[C@@H](O)[C@@H](O[C@H]2[C@H](NC(=O)[C@@H](O)CCNC(=O)OCc3ccc([N+](=O)[O-])cc3)C[C@H](NC(=O)OCc3ccc([N+](=O)[O-])cc3)C([C@H]3OC(CNC(=O)C(F)(F)F)=CC[C@H]3NC(=O)OCc3ccc([N+](=O)[O-])cc3)[C@@H]2O)OC[C@]1(C)O. The number of ether oxygens (including phenoxy) is 6. The zero-order chi connectivity index (χ0) is 60.1. The van der Waals surface area contributed by atoms with E-state index in [9.17, 15) is 87.9 Å². The van der Waals surface area contributed by atoms with Crippen molar-refractivity contribution >= 4 is 47.2 Å². The third-order valence-electron chi connectivity index (χ3n) is 13.4. The maximum atomic E-state index is 13.9. The number of hydrogen-bond donors (Lipinski definition) is 10. The van der Waals surface area contributed by atoms with Crippen LogP contribution in [0.3, 0.4) is 0 Å². The molecule has 33 heteroatoms. The number of halogens is 3. The molecule has 3 aromatic carbocycles. The van der Waals surface area contributed by atoms with Crippen molar-refractivity contribution in [3.05, 3.63) is 132 Å². The first-order chi connectivity index (χ1) is 38.7. The number of alkyl carbamates (subject to hydrolysis) is 3. The zero-order valence-corrected chi connectivity index (χ0v) is 43.4. The molecule has 1 saturated carbocycles. The van der Waals surface area contributed by atoms with Crippen LogP contribution in [-0.4, -0.2) is 165 Å². The summed E-state index contributed by atoms with van der Waals surface area (Å²) in [5, 5.41) is 94.2. The van der Waals surface area contributed by atoms with Crippen molar-refractivity contribution in [1.29, 1.82) is 0 Å². The number of nitrogens with zero attached hydrogens (tertiary/aromatic N) is 3. The third kappa shape index (κ3) is 17.1. The Morgan fingerprint density at radius 2 is 1.22 bits per heavy atom. The van der Waals surface area contributed by atoms with Gasteiger partial charge in [0, 0.05) is 54.9 Å². The molecular formula is C49H58F3N9O21. The molecule has 12 atom stereocenters. The van der Waals surface area contributed by atoms with Crippen LogP contribution in [0.5, 0.6) is 0 Å². The highest BCUT2D eigenvalue weighted by Gasteiger charge is 2.55. The Balaban J connectivity index is 1.30. The van der Waals surface area contributed by atoms with Gasteiger partial charge in [0.25, 0.3) is 17.1 Å². The molecule has 10 N–H and O–H groups in total. The molecule has 1 unspecified atom stereocenters. The molecule has 0 aromatic heterocycles. The number of non-ortho nitro benzene ring substituents is 3. The number of carbonyl (C=O) groups is 5. The van der Waals surface area contributed by atoms with Crippen LogP contribution in [0.25, 0.3) is 0 Å². The van der Waals surface area contributed by atoms with Crippen molar-refractivity contribution in [3.63, 3.8) is 0 Å². The van der Waals surface area contributed by atoms with Gasteiger partial charge in [-0.25, -0.2) is 14.4 Å². The minimum atomic E-state index is -5.35. The number of rotatable bonds is 22. The average molecular weight is 1170 g/mol. The number of alkyl halides is 3. The number of carbonyl (C=O) groups excluding carboxylic acids is 5. The minimum absolute atomic E-state index is 0.201. The molecule has 2 fully saturated rings. The molecule has 6 rings (SSSR count). The van der Waals surface area contributed by atoms with E-state index < -0.39 is 163 Å². The predicted octanol–water partition coefficient (Wildman–Crippen LogP) is 1.64. The van der Waals surface area contributed by atoms with E-state index >= 15 is 0 Å². The number of likely N-dealkylation sites (N-methyl/N-ethyl adjacent to an activating group) is 1. The van der Waals surface area contributed by atoms with Crippen LogP contribution < -0.4 is 31.9 Å². The molecular weight excluding hydrogens is 1110 g/mol. The van der Waals surface area contributed by atoms with Crippen LogP contribution in [0.15, 0.2) is 84.6 Å². The van der Waals surface area contributed by atoms with Gasteiger partial charge in [0.05, 0.1) is 52.2 Å². The van der Waals surface area contributed by atoms with Gasteiger partial charge in [-0.2, -0.15) is 13.2 Å². The van der Waals surface area contributed by atoms with Gasteiger partial charge in [0.15, 0.2) is 6.29 Å². The Morgan fingerprint density at radius 1 is 0.732 bits per heavy atom. The lowest BCUT2D eigenvalue weighted by molar-refractivity contribution is -0.385. The summed E-state index contributed by atoms with van der Waals surface area (Å²) in [7, 11) is 1.40. The summed E-state index contributed by atoms with van der Waals surface area (Å²) >= 11 is 0. The fraction of sp³-hybridized carbons (Fsp3) is 0.490. The smallest absolute Gasteiger partial charge is 0.471 e. The van der Waals surface area contributed by atoms with Crippen LogP contribution >= 0.6 is 0 Å².